The average Bonchev–Trinajstić information content (AvgIpc) is 2.46. The molecule has 7 heteroatoms. The van der Waals surface area contributed by atoms with Gasteiger partial charge in [0.1, 0.15) is 0 Å². The first-order valence-corrected chi connectivity index (χ1v) is 8.82. The fourth-order valence-electron chi connectivity index (χ4n) is 2.67. The summed E-state index contributed by atoms with van der Waals surface area (Å²) in [5.74, 6) is 0.195. The zero-order valence-electron chi connectivity index (χ0n) is 11.8. The van der Waals surface area contributed by atoms with Crippen LogP contribution in [0.2, 0.25) is 0 Å². The molecular weight excluding hydrogens is 292 g/mol. The van der Waals surface area contributed by atoms with Crippen LogP contribution in [0.4, 0.5) is 5.69 Å². The summed E-state index contributed by atoms with van der Waals surface area (Å²) in [6, 6.07) is 5.75. The highest BCUT2D eigenvalue weighted by molar-refractivity contribution is 7.88. The molecule has 0 amide bonds. The van der Waals surface area contributed by atoms with Gasteiger partial charge in [0.15, 0.2) is 0 Å². The highest BCUT2D eigenvalue weighted by Gasteiger charge is 2.18. The van der Waals surface area contributed by atoms with Crippen molar-refractivity contribution >= 4 is 15.7 Å². The Kier molecular flexibility index (Phi) is 5.30. The van der Waals surface area contributed by atoms with E-state index in [0.29, 0.717) is 18.0 Å². The number of non-ortho nitro benzene ring substituents is 1. The average molecular weight is 312 g/mol. The molecule has 6 nitrogen and oxygen atoms in total. The van der Waals surface area contributed by atoms with Crippen LogP contribution in [0.1, 0.15) is 37.7 Å². The lowest BCUT2D eigenvalue weighted by Crippen LogP contribution is -2.31. The van der Waals surface area contributed by atoms with Crippen LogP contribution in [0.15, 0.2) is 24.3 Å². The van der Waals surface area contributed by atoms with Gasteiger partial charge in [-0.3, -0.25) is 10.1 Å². The number of rotatable bonds is 6. The minimum atomic E-state index is -3.45. The van der Waals surface area contributed by atoms with Crippen molar-refractivity contribution < 1.29 is 13.3 Å². The smallest absolute Gasteiger partial charge is 0.258 e. The Morgan fingerprint density at radius 1 is 1.24 bits per heavy atom. The second-order valence-corrected chi connectivity index (χ2v) is 7.35. The lowest BCUT2D eigenvalue weighted by molar-refractivity contribution is -0.384. The van der Waals surface area contributed by atoms with E-state index in [0.717, 1.165) is 25.7 Å². The van der Waals surface area contributed by atoms with Gasteiger partial charge in [0, 0.05) is 18.7 Å². The minimum Gasteiger partial charge on any atom is -0.258 e. The Hall–Kier alpha value is -1.47. The van der Waals surface area contributed by atoms with Crippen molar-refractivity contribution in [1.29, 1.82) is 0 Å². The molecule has 2 rings (SSSR count). The van der Waals surface area contributed by atoms with Crippen LogP contribution in [-0.4, -0.2) is 19.9 Å². The van der Waals surface area contributed by atoms with Crippen molar-refractivity contribution in [2.75, 3.05) is 6.54 Å². The van der Waals surface area contributed by atoms with Crippen LogP contribution in [0.5, 0.6) is 0 Å². The van der Waals surface area contributed by atoms with Crippen molar-refractivity contribution in [2.45, 2.75) is 37.9 Å². The molecule has 0 heterocycles. The standard InChI is InChI=1S/C14H20N2O4S/c17-16(18)14-8-4-7-13(9-14)11-21(19,20)15-10-12-5-2-1-3-6-12/h4,7-9,12,15H,1-3,5-6,10-11H2. The number of nitro benzene ring substituents is 1. The van der Waals surface area contributed by atoms with E-state index in [-0.39, 0.29) is 11.4 Å². The van der Waals surface area contributed by atoms with Crippen LogP contribution in [0.3, 0.4) is 0 Å². The third-order valence-electron chi connectivity index (χ3n) is 3.79. The van der Waals surface area contributed by atoms with Crippen molar-refractivity contribution in [3.63, 3.8) is 0 Å². The minimum absolute atomic E-state index is 0.0880. The maximum atomic E-state index is 12.0. The van der Waals surface area contributed by atoms with E-state index in [1.807, 2.05) is 0 Å². The largest absolute Gasteiger partial charge is 0.269 e. The van der Waals surface area contributed by atoms with E-state index >= 15 is 0 Å². The molecule has 1 saturated carbocycles. The molecule has 1 aliphatic carbocycles. The normalized spacial score (nSPS) is 16.8. The maximum absolute atomic E-state index is 12.0. The molecule has 1 fully saturated rings. The summed E-state index contributed by atoms with van der Waals surface area (Å²) in [5, 5.41) is 10.7. The number of benzene rings is 1. The molecule has 0 radical (unpaired) electrons. The number of hydrogen-bond donors (Lipinski definition) is 1. The summed E-state index contributed by atoms with van der Waals surface area (Å²) in [6.45, 7) is 0.470. The third kappa shape index (κ3) is 5.09. The quantitative estimate of drug-likeness (QED) is 0.646. The summed E-state index contributed by atoms with van der Waals surface area (Å²) in [5.41, 5.74) is 0.343. The van der Waals surface area contributed by atoms with E-state index < -0.39 is 14.9 Å². The lowest BCUT2D eigenvalue weighted by atomic mass is 9.90. The first-order valence-electron chi connectivity index (χ1n) is 7.17. The molecule has 0 saturated heterocycles. The van der Waals surface area contributed by atoms with Gasteiger partial charge in [-0.15, -0.1) is 0 Å². The third-order valence-corrected chi connectivity index (χ3v) is 5.11. The van der Waals surface area contributed by atoms with Crippen LogP contribution < -0.4 is 4.72 Å². The predicted octanol–water partition coefficient (Wildman–Crippen LogP) is 2.59. The molecule has 116 valence electrons. The number of nitrogens with zero attached hydrogens (tertiary/aromatic N) is 1. The first-order chi connectivity index (χ1) is 9.96. The summed E-state index contributed by atoms with van der Waals surface area (Å²) in [4.78, 5) is 10.2. The maximum Gasteiger partial charge on any atom is 0.269 e. The molecule has 21 heavy (non-hydrogen) atoms. The van der Waals surface area contributed by atoms with Gasteiger partial charge in [-0.05, 0) is 24.3 Å². The zero-order chi connectivity index (χ0) is 15.3. The zero-order valence-corrected chi connectivity index (χ0v) is 12.6. The van der Waals surface area contributed by atoms with Gasteiger partial charge in [0.25, 0.3) is 5.69 Å². The van der Waals surface area contributed by atoms with Gasteiger partial charge in [0.2, 0.25) is 10.0 Å². The topological polar surface area (TPSA) is 89.3 Å². The van der Waals surface area contributed by atoms with E-state index in [1.54, 1.807) is 6.07 Å². The molecule has 0 aliphatic heterocycles. The highest BCUT2D eigenvalue weighted by atomic mass is 32.2. The summed E-state index contributed by atoms with van der Waals surface area (Å²) in [6.07, 6.45) is 5.70. The first kappa shape index (κ1) is 15.9. The molecule has 1 N–H and O–H groups in total. The van der Waals surface area contributed by atoms with Gasteiger partial charge < -0.3 is 0 Å². The Bertz CT molecular complexity index is 595. The highest BCUT2D eigenvalue weighted by Crippen LogP contribution is 2.23. The van der Waals surface area contributed by atoms with Gasteiger partial charge >= 0.3 is 0 Å². The molecule has 1 aromatic carbocycles. The van der Waals surface area contributed by atoms with E-state index in [9.17, 15) is 18.5 Å². The van der Waals surface area contributed by atoms with Crippen molar-refractivity contribution in [3.8, 4) is 0 Å². The van der Waals surface area contributed by atoms with E-state index in [1.165, 1.54) is 24.6 Å². The lowest BCUT2D eigenvalue weighted by Gasteiger charge is -2.21. The van der Waals surface area contributed by atoms with Gasteiger partial charge in [-0.2, -0.15) is 0 Å². The van der Waals surface area contributed by atoms with Crippen LogP contribution in [0, 0.1) is 16.0 Å². The van der Waals surface area contributed by atoms with Crippen molar-refractivity contribution in [1.82, 2.24) is 4.72 Å². The SMILES string of the molecule is O=[N+]([O-])c1cccc(CS(=O)(=O)NCC2CCCCC2)c1. The molecule has 0 unspecified atom stereocenters. The number of sulfonamides is 1. The Balaban J connectivity index is 1.93. The number of nitro groups is 1. The predicted molar refractivity (Wildman–Crippen MR) is 80.3 cm³/mol. The molecule has 0 atom stereocenters. The number of hydrogen-bond acceptors (Lipinski definition) is 4. The Morgan fingerprint density at radius 3 is 2.62 bits per heavy atom. The molecule has 1 aromatic rings. The second kappa shape index (κ2) is 7.00. The summed E-state index contributed by atoms with van der Waals surface area (Å²) in [7, 11) is -3.45. The second-order valence-electron chi connectivity index (χ2n) is 5.54. The van der Waals surface area contributed by atoms with E-state index in [2.05, 4.69) is 4.72 Å². The fraction of sp³-hybridized carbons (Fsp3) is 0.571. The Morgan fingerprint density at radius 2 is 1.95 bits per heavy atom. The van der Waals surface area contributed by atoms with Crippen molar-refractivity contribution in [3.05, 3.63) is 39.9 Å². The number of nitrogens with one attached hydrogen (secondary N) is 1. The molecule has 0 spiro atoms. The van der Waals surface area contributed by atoms with Crippen LogP contribution >= 0.6 is 0 Å². The van der Waals surface area contributed by atoms with E-state index in [4.69, 9.17) is 0 Å². The summed E-state index contributed by atoms with van der Waals surface area (Å²) < 4.78 is 26.7. The Labute approximate surface area is 124 Å². The summed E-state index contributed by atoms with van der Waals surface area (Å²) >= 11 is 0. The van der Waals surface area contributed by atoms with Gasteiger partial charge in [-0.1, -0.05) is 31.4 Å². The fourth-order valence-corrected chi connectivity index (χ4v) is 3.88. The van der Waals surface area contributed by atoms with Crippen LogP contribution in [-0.2, 0) is 15.8 Å². The van der Waals surface area contributed by atoms with Gasteiger partial charge in [-0.25, -0.2) is 13.1 Å². The van der Waals surface area contributed by atoms with Crippen molar-refractivity contribution in [2.24, 2.45) is 5.92 Å². The van der Waals surface area contributed by atoms with Gasteiger partial charge in [0.05, 0.1) is 10.7 Å². The molecule has 0 aromatic heterocycles. The molecule has 1 aliphatic rings. The molecular formula is C14H20N2O4S. The monoisotopic (exact) mass is 312 g/mol. The van der Waals surface area contributed by atoms with Crippen LogP contribution in [0.25, 0.3) is 0 Å². The molecule has 0 bridgehead atoms.